The summed E-state index contributed by atoms with van der Waals surface area (Å²) in [5.41, 5.74) is -0.274. The zero-order valence-corrected chi connectivity index (χ0v) is 13.7. The van der Waals surface area contributed by atoms with Crippen LogP contribution in [-0.4, -0.2) is 48.9 Å². The quantitative estimate of drug-likeness (QED) is 0.905. The molecule has 4 aliphatic rings. The highest BCUT2D eigenvalue weighted by Crippen LogP contribution is 2.48. The Morgan fingerprint density at radius 3 is 2.68 bits per heavy atom. The van der Waals surface area contributed by atoms with Gasteiger partial charge in [0.15, 0.2) is 5.82 Å². The van der Waals surface area contributed by atoms with Crippen molar-refractivity contribution >= 4 is 5.91 Å². The summed E-state index contributed by atoms with van der Waals surface area (Å²) in [6, 6.07) is 6.90. The number of carbonyl (C=O) groups excluding carboxylic acids is 1. The van der Waals surface area contributed by atoms with Crippen molar-refractivity contribution in [2.75, 3.05) is 6.54 Å². The predicted molar refractivity (Wildman–Crippen MR) is 87.5 cm³/mol. The zero-order chi connectivity index (χ0) is 17.2. The standard InChI is InChI=1S/C18H19FN4O2/c19-18-7-13(8-18)23(10-18)17(25)12-3-6-15-20-21-16(22(15)9-12)11-1-4-14(24)5-2-11/h1-2,4-5,12-13,24H,3,6-10H2. The topological polar surface area (TPSA) is 71.2 Å². The molecule has 3 aliphatic heterocycles. The first-order chi connectivity index (χ1) is 12.0. The smallest absolute Gasteiger partial charge is 0.227 e. The summed E-state index contributed by atoms with van der Waals surface area (Å²) in [5.74, 6) is 1.70. The lowest BCUT2D eigenvalue weighted by Crippen LogP contribution is -2.42. The van der Waals surface area contributed by atoms with E-state index in [0.717, 1.165) is 17.8 Å². The van der Waals surface area contributed by atoms with Crippen LogP contribution in [0, 0.1) is 5.92 Å². The van der Waals surface area contributed by atoms with Crippen LogP contribution in [0.3, 0.4) is 0 Å². The molecule has 1 aromatic carbocycles. The number of halogens is 1. The molecular weight excluding hydrogens is 323 g/mol. The van der Waals surface area contributed by atoms with Crippen molar-refractivity contribution in [1.82, 2.24) is 19.7 Å². The molecule has 2 bridgehead atoms. The van der Waals surface area contributed by atoms with Gasteiger partial charge in [-0.1, -0.05) is 0 Å². The van der Waals surface area contributed by atoms with E-state index in [1.807, 2.05) is 4.57 Å². The van der Waals surface area contributed by atoms with Crippen LogP contribution in [0.15, 0.2) is 24.3 Å². The maximum absolute atomic E-state index is 14.1. The van der Waals surface area contributed by atoms with Crippen molar-refractivity contribution < 1.29 is 14.3 Å². The third-order valence-electron chi connectivity index (χ3n) is 5.80. The number of aryl methyl sites for hydroxylation is 1. The Labute approximate surface area is 144 Å². The van der Waals surface area contributed by atoms with E-state index < -0.39 is 5.67 Å². The number of aromatic hydroxyl groups is 1. The van der Waals surface area contributed by atoms with Gasteiger partial charge in [-0.3, -0.25) is 4.79 Å². The molecule has 0 radical (unpaired) electrons. The second kappa shape index (κ2) is 5.03. The maximum Gasteiger partial charge on any atom is 0.227 e. The first kappa shape index (κ1) is 14.9. The Morgan fingerprint density at radius 1 is 1.24 bits per heavy atom. The highest BCUT2D eigenvalue weighted by molar-refractivity contribution is 5.80. The monoisotopic (exact) mass is 342 g/mol. The van der Waals surface area contributed by atoms with Gasteiger partial charge in [0.1, 0.15) is 17.2 Å². The van der Waals surface area contributed by atoms with Gasteiger partial charge in [-0.25, -0.2) is 4.39 Å². The number of amides is 1. The van der Waals surface area contributed by atoms with Crippen LogP contribution >= 0.6 is 0 Å². The Bertz CT molecular complexity index is 841. The van der Waals surface area contributed by atoms with Crippen LogP contribution < -0.4 is 0 Å². The first-order valence-electron chi connectivity index (χ1n) is 8.73. The molecule has 6 nitrogen and oxygen atoms in total. The molecular formula is C18H19FN4O2. The molecule has 1 atom stereocenters. The van der Waals surface area contributed by atoms with Crippen molar-refractivity contribution in [3.05, 3.63) is 30.1 Å². The van der Waals surface area contributed by atoms with Gasteiger partial charge in [0, 0.05) is 37.4 Å². The van der Waals surface area contributed by atoms with Crippen molar-refractivity contribution in [2.45, 2.75) is 43.9 Å². The molecule has 1 unspecified atom stereocenters. The molecule has 25 heavy (non-hydrogen) atoms. The molecule has 2 aromatic rings. The van der Waals surface area contributed by atoms with E-state index in [-0.39, 0.29) is 30.2 Å². The number of benzene rings is 1. The lowest BCUT2D eigenvalue weighted by atomic mass is 9.83. The minimum absolute atomic E-state index is 0.0676. The molecule has 1 aliphatic carbocycles. The number of hydrogen-bond donors (Lipinski definition) is 1. The van der Waals surface area contributed by atoms with E-state index in [0.29, 0.717) is 31.6 Å². The number of phenols is 1. The molecule has 4 heterocycles. The van der Waals surface area contributed by atoms with Gasteiger partial charge in [-0.15, -0.1) is 10.2 Å². The molecule has 130 valence electrons. The van der Waals surface area contributed by atoms with E-state index in [9.17, 15) is 14.3 Å². The van der Waals surface area contributed by atoms with Gasteiger partial charge < -0.3 is 14.6 Å². The number of aromatic nitrogens is 3. The number of alkyl halides is 1. The summed E-state index contributed by atoms with van der Waals surface area (Å²) in [6.07, 6.45) is 2.43. The second-order valence-electron chi connectivity index (χ2n) is 7.51. The highest BCUT2D eigenvalue weighted by Gasteiger charge is 2.58. The molecule has 7 heteroatoms. The van der Waals surface area contributed by atoms with Gasteiger partial charge in [-0.05, 0) is 30.7 Å². The summed E-state index contributed by atoms with van der Waals surface area (Å²) in [7, 11) is 0. The van der Waals surface area contributed by atoms with Crippen molar-refractivity contribution in [1.29, 1.82) is 0 Å². The number of rotatable bonds is 2. The molecule has 6 rings (SSSR count). The largest absolute Gasteiger partial charge is 0.508 e. The fourth-order valence-corrected chi connectivity index (χ4v) is 4.41. The molecule has 2 saturated heterocycles. The third-order valence-corrected chi connectivity index (χ3v) is 5.80. The fourth-order valence-electron chi connectivity index (χ4n) is 4.41. The summed E-state index contributed by atoms with van der Waals surface area (Å²) in [6.45, 7) is 0.784. The predicted octanol–water partition coefficient (Wildman–Crippen LogP) is 1.93. The van der Waals surface area contributed by atoms with Crippen LogP contribution in [-0.2, 0) is 17.8 Å². The fraction of sp³-hybridized carbons (Fsp3) is 0.500. The van der Waals surface area contributed by atoms with E-state index in [2.05, 4.69) is 10.2 Å². The number of hydrogen-bond acceptors (Lipinski definition) is 4. The molecule has 3 fully saturated rings. The first-order valence-corrected chi connectivity index (χ1v) is 8.73. The van der Waals surface area contributed by atoms with E-state index in [1.165, 1.54) is 0 Å². The Morgan fingerprint density at radius 2 is 2.00 bits per heavy atom. The third kappa shape index (κ3) is 2.25. The van der Waals surface area contributed by atoms with Gasteiger partial charge in [-0.2, -0.15) is 0 Å². The lowest BCUT2D eigenvalue weighted by Gasteiger charge is -2.32. The normalized spacial score (nSPS) is 30.0. The number of nitrogens with zero attached hydrogens (tertiary/aromatic N) is 4. The molecule has 1 aromatic heterocycles. The maximum atomic E-state index is 14.1. The lowest BCUT2D eigenvalue weighted by molar-refractivity contribution is -0.136. The zero-order valence-electron chi connectivity index (χ0n) is 13.7. The summed E-state index contributed by atoms with van der Waals surface area (Å²) >= 11 is 0. The Hall–Kier alpha value is -2.44. The summed E-state index contributed by atoms with van der Waals surface area (Å²) < 4.78 is 16.1. The van der Waals surface area contributed by atoms with Gasteiger partial charge in [0.2, 0.25) is 5.91 Å². The average molecular weight is 342 g/mol. The Balaban J connectivity index is 1.40. The molecule has 1 amide bonds. The molecule has 0 spiro atoms. The molecule has 1 saturated carbocycles. The van der Waals surface area contributed by atoms with E-state index in [1.54, 1.807) is 29.2 Å². The van der Waals surface area contributed by atoms with Gasteiger partial charge >= 0.3 is 0 Å². The number of carbonyl (C=O) groups is 1. The number of fused-ring (bicyclic) bond motifs is 2. The molecule has 1 N–H and O–H groups in total. The van der Waals surface area contributed by atoms with Crippen LogP contribution in [0.2, 0.25) is 0 Å². The summed E-state index contributed by atoms with van der Waals surface area (Å²) in [4.78, 5) is 14.6. The average Bonchev–Trinajstić information content (AvgIpc) is 3.24. The van der Waals surface area contributed by atoms with Crippen LogP contribution in [0.5, 0.6) is 5.75 Å². The minimum atomic E-state index is -1.13. The highest BCUT2D eigenvalue weighted by atomic mass is 19.1. The van der Waals surface area contributed by atoms with Crippen molar-refractivity contribution in [3.63, 3.8) is 0 Å². The minimum Gasteiger partial charge on any atom is -0.508 e. The van der Waals surface area contributed by atoms with Crippen LogP contribution in [0.1, 0.15) is 25.1 Å². The summed E-state index contributed by atoms with van der Waals surface area (Å²) in [5, 5.41) is 18.0. The van der Waals surface area contributed by atoms with E-state index in [4.69, 9.17) is 0 Å². The van der Waals surface area contributed by atoms with E-state index >= 15 is 0 Å². The number of phenolic OH excluding ortho intramolecular Hbond substituents is 1. The van der Waals surface area contributed by atoms with Crippen LogP contribution in [0.25, 0.3) is 11.4 Å². The van der Waals surface area contributed by atoms with Crippen molar-refractivity contribution in [2.24, 2.45) is 5.92 Å². The van der Waals surface area contributed by atoms with Crippen molar-refractivity contribution in [3.8, 4) is 17.1 Å². The Kier molecular flexibility index (Phi) is 2.99. The van der Waals surface area contributed by atoms with Crippen LogP contribution in [0.4, 0.5) is 4.39 Å². The van der Waals surface area contributed by atoms with Gasteiger partial charge in [0.25, 0.3) is 0 Å². The van der Waals surface area contributed by atoms with Gasteiger partial charge in [0.05, 0.1) is 12.5 Å². The second-order valence-corrected chi connectivity index (χ2v) is 7.51. The SMILES string of the molecule is O=C(C1CCc2nnc(-c3ccc(O)cc3)n2C1)N1CC2(F)CC1C2.